The number of guanidine groups is 1. The smallest absolute Gasteiger partial charge is 0.191 e. The second kappa shape index (κ2) is 12.1. The van der Waals surface area contributed by atoms with Crippen molar-refractivity contribution in [3.8, 4) is 17.2 Å². The van der Waals surface area contributed by atoms with Gasteiger partial charge in [-0.3, -0.25) is 9.98 Å². The first-order chi connectivity index (χ1) is 14.6. The van der Waals surface area contributed by atoms with Gasteiger partial charge in [-0.1, -0.05) is 18.2 Å². The number of halogens is 2. The van der Waals surface area contributed by atoms with E-state index in [2.05, 4.69) is 20.6 Å². The van der Waals surface area contributed by atoms with Crippen LogP contribution in [0.2, 0.25) is 0 Å². The molecule has 0 saturated heterocycles. The Morgan fingerprint density at radius 3 is 2.55 bits per heavy atom. The molecule has 0 radical (unpaired) electrons. The molecule has 1 aromatic heterocycles. The summed E-state index contributed by atoms with van der Waals surface area (Å²) in [6.07, 6.45) is 3.17. The largest absolute Gasteiger partial charge is 0.496 e. The van der Waals surface area contributed by atoms with Gasteiger partial charge in [0, 0.05) is 31.9 Å². The van der Waals surface area contributed by atoms with Gasteiger partial charge in [0.15, 0.2) is 17.5 Å². The van der Waals surface area contributed by atoms with E-state index in [-0.39, 0.29) is 29.7 Å². The fourth-order valence-corrected chi connectivity index (χ4v) is 2.85. The van der Waals surface area contributed by atoms with Crippen LogP contribution in [0.3, 0.4) is 0 Å². The van der Waals surface area contributed by atoms with Crippen LogP contribution in [0.15, 0.2) is 65.9 Å². The molecule has 0 fully saturated rings. The Kier molecular flexibility index (Phi) is 9.51. The van der Waals surface area contributed by atoms with Crippen molar-refractivity contribution in [2.24, 2.45) is 4.99 Å². The minimum Gasteiger partial charge on any atom is -0.496 e. The molecular weight excluding hydrogens is 510 g/mol. The number of aliphatic imine (C=N–C) groups is 1. The summed E-state index contributed by atoms with van der Waals surface area (Å²) in [7, 11) is 3.34. The fourth-order valence-electron chi connectivity index (χ4n) is 2.85. The Bertz CT molecular complexity index is 1020. The van der Waals surface area contributed by atoms with Gasteiger partial charge in [-0.25, -0.2) is 4.39 Å². The van der Waals surface area contributed by atoms with Crippen molar-refractivity contribution >= 4 is 29.9 Å². The second-order valence-electron chi connectivity index (χ2n) is 6.65. The molecule has 0 aliphatic heterocycles. The van der Waals surface area contributed by atoms with Crippen molar-refractivity contribution in [1.82, 2.24) is 15.6 Å². The van der Waals surface area contributed by atoms with Gasteiger partial charge in [-0.05, 0) is 48.4 Å². The van der Waals surface area contributed by atoms with E-state index in [0.29, 0.717) is 24.8 Å². The van der Waals surface area contributed by atoms with E-state index in [1.807, 2.05) is 25.1 Å². The van der Waals surface area contributed by atoms with E-state index < -0.39 is 5.82 Å². The number of rotatable bonds is 7. The van der Waals surface area contributed by atoms with Crippen molar-refractivity contribution in [1.29, 1.82) is 0 Å². The predicted octanol–water partition coefficient (Wildman–Crippen LogP) is 4.81. The molecule has 6 nitrogen and oxygen atoms in total. The second-order valence-corrected chi connectivity index (χ2v) is 6.65. The summed E-state index contributed by atoms with van der Waals surface area (Å²) in [5, 5.41) is 6.42. The van der Waals surface area contributed by atoms with Crippen LogP contribution in [-0.4, -0.2) is 25.1 Å². The lowest BCUT2D eigenvalue weighted by Crippen LogP contribution is -2.36. The fraction of sp³-hybridized carbons (Fsp3) is 0.217. The summed E-state index contributed by atoms with van der Waals surface area (Å²) in [6, 6.07) is 14.3. The highest BCUT2D eigenvalue weighted by Crippen LogP contribution is 2.24. The third kappa shape index (κ3) is 7.09. The normalized spacial score (nSPS) is 10.8. The first-order valence-corrected chi connectivity index (χ1v) is 9.53. The van der Waals surface area contributed by atoms with Crippen LogP contribution < -0.4 is 20.1 Å². The number of hydrogen-bond acceptors (Lipinski definition) is 4. The number of nitrogens with zero attached hydrogens (tertiary/aromatic N) is 2. The molecule has 0 unspecified atom stereocenters. The van der Waals surface area contributed by atoms with Crippen LogP contribution in [0, 0.1) is 12.7 Å². The average Bonchev–Trinajstić information content (AvgIpc) is 2.77. The van der Waals surface area contributed by atoms with Gasteiger partial charge in [0.05, 0.1) is 13.3 Å². The maximum atomic E-state index is 14.4. The van der Waals surface area contributed by atoms with Gasteiger partial charge in [0.1, 0.15) is 11.5 Å². The van der Waals surface area contributed by atoms with Gasteiger partial charge in [-0.15, -0.1) is 24.0 Å². The van der Waals surface area contributed by atoms with Crippen molar-refractivity contribution in [2.75, 3.05) is 14.2 Å². The van der Waals surface area contributed by atoms with Gasteiger partial charge < -0.3 is 20.1 Å². The number of hydrogen-bond donors (Lipinski definition) is 2. The Labute approximate surface area is 198 Å². The van der Waals surface area contributed by atoms with Crippen LogP contribution in [0.5, 0.6) is 17.2 Å². The molecular formula is C23H26FIN4O2. The molecule has 0 aliphatic rings. The summed E-state index contributed by atoms with van der Waals surface area (Å²) in [6.45, 7) is 2.98. The van der Waals surface area contributed by atoms with Crippen LogP contribution >= 0.6 is 24.0 Å². The minimum atomic E-state index is -0.439. The third-order valence-corrected chi connectivity index (χ3v) is 4.43. The van der Waals surface area contributed by atoms with Gasteiger partial charge in [0.25, 0.3) is 0 Å². The Morgan fingerprint density at radius 2 is 1.87 bits per heavy atom. The van der Waals surface area contributed by atoms with Crippen molar-refractivity contribution in [2.45, 2.75) is 20.0 Å². The highest BCUT2D eigenvalue weighted by atomic mass is 127. The third-order valence-electron chi connectivity index (χ3n) is 4.43. The highest BCUT2D eigenvalue weighted by Gasteiger charge is 2.08. The molecule has 0 aliphatic carbocycles. The number of aromatic nitrogens is 1. The van der Waals surface area contributed by atoms with Crippen LogP contribution in [0.25, 0.3) is 0 Å². The van der Waals surface area contributed by atoms with Crippen LogP contribution in [0.4, 0.5) is 4.39 Å². The average molecular weight is 536 g/mol. The van der Waals surface area contributed by atoms with Gasteiger partial charge in [0.2, 0.25) is 0 Å². The predicted molar refractivity (Wildman–Crippen MR) is 131 cm³/mol. The highest BCUT2D eigenvalue weighted by molar-refractivity contribution is 14.0. The number of nitrogens with one attached hydrogen (secondary N) is 2. The van der Waals surface area contributed by atoms with E-state index in [1.165, 1.54) is 12.3 Å². The lowest BCUT2D eigenvalue weighted by Gasteiger charge is -2.14. The molecule has 2 N–H and O–H groups in total. The van der Waals surface area contributed by atoms with E-state index in [1.54, 1.807) is 44.6 Å². The molecule has 0 spiro atoms. The molecule has 164 valence electrons. The number of ether oxygens (including phenoxy) is 2. The van der Waals surface area contributed by atoms with E-state index >= 15 is 0 Å². The molecule has 1 heterocycles. The van der Waals surface area contributed by atoms with Crippen molar-refractivity contribution in [3.05, 3.63) is 83.4 Å². The lowest BCUT2D eigenvalue weighted by atomic mass is 10.1. The zero-order chi connectivity index (χ0) is 21.3. The summed E-state index contributed by atoms with van der Waals surface area (Å²) in [5.41, 5.74) is 2.92. The first-order valence-electron chi connectivity index (χ1n) is 9.53. The lowest BCUT2D eigenvalue weighted by molar-refractivity contribution is 0.408. The standard InChI is InChI=1S/C23H25FN4O2.HI/c1-16-6-8-18(22(11-16)29-3)14-28-23(25-2)27-13-17-7-9-21(20(24)12-17)30-19-5-4-10-26-15-19;/h4-12,15H,13-14H2,1-3H3,(H2,25,27,28);1H. The monoisotopic (exact) mass is 536 g/mol. The maximum absolute atomic E-state index is 14.4. The summed E-state index contributed by atoms with van der Waals surface area (Å²) >= 11 is 0. The summed E-state index contributed by atoms with van der Waals surface area (Å²) in [4.78, 5) is 8.17. The van der Waals surface area contributed by atoms with Crippen LogP contribution in [-0.2, 0) is 13.1 Å². The van der Waals surface area contributed by atoms with Crippen molar-refractivity contribution in [3.63, 3.8) is 0 Å². The van der Waals surface area contributed by atoms with E-state index in [4.69, 9.17) is 9.47 Å². The Hall–Kier alpha value is -2.88. The van der Waals surface area contributed by atoms with Gasteiger partial charge >= 0.3 is 0 Å². The maximum Gasteiger partial charge on any atom is 0.191 e. The number of benzene rings is 2. The zero-order valence-corrected chi connectivity index (χ0v) is 20.0. The molecule has 31 heavy (non-hydrogen) atoms. The van der Waals surface area contributed by atoms with Crippen molar-refractivity contribution < 1.29 is 13.9 Å². The number of aryl methyl sites for hydroxylation is 1. The Balaban J connectivity index is 0.00000341. The quantitative estimate of drug-likeness (QED) is 0.258. The number of pyridine rings is 1. The minimum absolute atomic E-state index is 0. The SMILES string of the molecule is CN=C(NCc1ccc(Oc2cccnc2)c(F)c1)NCc1ccc(C)cc1OC.I. The van der Waals surface area contributed by atoms with E-state index in [0.717, 1.165) is 22.4 Å². The summed E-state index contributed by atoms with van der Waals surface area (Å²) in [5.74, 6) is 1.63. The molecule has 0 atom stereocenters. The molecule has 3 rings (SSSR count). The van der Waals surface area contributed by atoms with E-state index in [9.17, 15) is 4.39 Å². The zero-order valence-electron chi connectivity index (χ0n) is 17.7. The molecule has 8 heteroatoms. The molecule has 0 saturated carbocycles. The molecule has 0 amide bonds. The first kappa shape index (κ1) is 24.4. The van der Waals surface area contributed by atoms with Gasteiger partial charge in [-0.2, -0.15) is 0 Å². The number of methoxy groups -OCH3 is 1. The van der Waals surface area contributed by atoms with Crippen LogP contribution in [0.1, 0.15) is 16.7 Å². The molecule has 0 bridgehead atoms. The molecule has 3 aromatic rings. The molecule has 2 aromatic carbocycles. The summed E-state index contributed by atoms with van der Waals surface area (Å²) < 4.78 is 25.3. The topological polar surface area (TPSA) is 67.8 Å². The Morgan fingerprint density at radius 1 is 1.06 bits per heavy atom.